The van der Waals surface area contributed by atoms with E-state index in [1.54, 1.807) is 0 Å². The van der Waals surface area contributed by atoms with Crippen LogP contribution >= 0.6 is 0 Å². The Bertz CT molecular complexity index is 4740. The molecule has 0 radical (unpaired) electrons. The molecule has 14 aromatic rings. The van der Waals surface area contributed by atoms with Gasteiger partial charge in [-0.1, -0.05) is 116 Å². The third kappa shape index (κ3) is 7.07. The third-order valence-electron chi connectivity index (χ3n) is 16.8. The zero-order chi connectivity index (χ0) is 52.3. The minimum Gasteiger partial charge on any atom is -0.456 e. The van der Waals surface area contributed by atoms with Crippen LogP contribution in [0, 0.1) is 0 Å². The van der Waals surface area contributed by atoms with E-state index >= 15 is 0 Å². The molecule has 1 aliphatic carbocycles. The molecule has 6 heteroatoms. The number of hydrogen-bond acceptors (Lipinski definition) is 6. The molecule has 6 nitrogen and oxygen atoms in total. The van der Waals surface area contributed by atoms with Crippen LogP contribution in [0.5, 0.6) is 0 Å². The van der Waals surface area contributed by atoms with E-state index in [2.05, 4.69) is 223 Å². The Kier molecular flexibility index (Phi) is 9.57. The van der Waals surface area contributed by atoms with Gasteiger partial charge in [-0.2, -0.15) is 0 Å². The lowest BCUT2D eigenvalue weighted by Crippen LogP contribution is -2.23. The molecular weight excluding hydrogens is 945 g/mol. The van der Waals surface area contributed by atoms with Crippen molar-refractivity contribution in [3.63, 3.8) is 0 Å². The first-order valence-corrected chi connectivity index (χ1v) is 27.1. The summed E-state index contributed by atoms with van der Waals surface area (Å²) in [6.45, 7) is 18.3. The van der Waals surface area contributed by atoms with Crippen LogP contribution in [0.15, 0.2) is 200 Å². The molecule has 4 heterocycles. The van der Waals surface area contributed by atoms with E-state index in [0.29, 0.717) is 0 Å². The van der Waals surface area contributed by atoms with Crippen molar-refractivity contribution in [1.82, 2.24) is 0 Å². The average molecular weight is 1000 g/mol. The van der Waals surface area contributed by atoms with Crippen LogP contribution < -0.4 is 9.80 Å². The first kappa shape index (κ1) is 45.6. The van der Waals surface area contributed by atoms with Gasteiger partial charge in [0.1, 0.15) is 44.7 Å². The summed E-state index contributed by atoms with van der Waals surface area (Å²) in [7, 11) is 0. The Morgan fingerprint density at radius 3 is 1.26 bits per heavy atom. The second-order valence-electron chi connectivity index (χ2n) is 24.2. The molecule has 0 fully saturated rings. The maximum atomic E-state index is 7.24. The number of para-hydroxylation sites is 2. The van der Waals surface area contributed by atoms with Crippen LogP contribution in [0.3, 0.4) is 0 Å². The molecule has 0 atom stereocenters. The maximum Gasteiger partial charge on any atom is 0.139 e. The van der Waals surface area contributed by atoms with Gasteiger partial charge in [0.05, 0.1) is 0 Å². The lowest BCUT2D eigenvalue weighted by molar-refractivity contribution is 0.471. The van der Waals surface area contributed by atoms with Gasteiger partial charge in [-0.3, -0.25) is 0 Å². The summed E-state index contributed by atoms with van der Waals surface area (Å²) in [6.07, 6.45) is 1.91. The van der Waals surface area contributed by atoms with Crippen molar-refractivity contribution in [2.45, 2.75) is 84.5 Å². The van der Waals surface area contributed by atoms with E-state index in [1.165, 1.54) is 38.4 Å². The molecule has 0 saturated carbocycles. The van der Waals surface area contributed by atoms with E-state index < -0.39 is 0 Å². The van der Waals surface area contributed by atoms with E-state index in [9.17, 15) is 0 Å². The Balaban J connectivity index is 0.878. The Morgan fingerprint density at radius 1 is 0.364 bits per heavy atom. The highest BCUT2D eigenvalue weighted by Gasteiger charge is 2.35. The summed E-state index contributed by atoms with van der Waals surface area (Å²) < 4.78 is 27.2. The topological polar surface area (TPSA) is 59.0 Å². The summed E-state index contributed by atoms with van der Waals surface area (Å²) in [4.78, 5) is 4.64. The number of anilines is 6. The molecular formula is C71H58N2O4. The van der Waals surface area contributed by atoms with Gasteiger partial charge in [-0.05, 0) is 154 Å². The van der Waals surface area contributed by atoms with Crippen molar-refractivity contribution in [3.8, 4) is 0 Å². The molecule has 0 aliphatic heterocycles. The first-order chi connectivity index (χ1) is 37.1. The third-order valence-corrected chi connectivity index (χ3v) is 16.8. The minimum atomic E-state index is -0.144. The van der Waals surface area contributed by atoms with Gasteiger partial charge in [0, 0.05) is 107 Å². The normalized spacial score (nSPS) is 14.0. The molecule has 0 unspecified atom stereocenters. The highest BCUT2D eigenvalue weighted by molar-refractivity contribution is 6.20. The van der Waals surface area contributed by atoms with E-state index in [4.69, 9.17) is 17.7 Å². The molecule has 0 N–H and O–H groups in total. The fourth-order valence-corrected chi connectivity index (χ4v) is 12.7. The van der Waals surface area contributed by atoms with Gasteiger partial charge >= 0.3 is 0 Å². The Morgan fingerprint density at radius 2 is 0.766 bits per heavy atom. The number of benzene rings is 10. The largest absolute Gasteiger partial charge is 0.456 e. The van der Waals surface area contributed by atoms with Crippen molar-refractivity contribution < 1.29 is 17.7 Å². The molecule has 10 aromatic carbocycles. The number of furan rings is 4. The Labute approximate surface area is 446 Å². The summed E-state index contributed by atoms with van der Waals surface area (Å²) in [5, 5.41) is 11.4. The number of nitrogens with zero attached hydrogens (tertiary/aromatic N) is 2. The van der Waals surface area contributed by atoms with Crippen LogP contribution in [-0.4, -0.2) is 0 Å². The number of aryl methyl sites for hydroxylation is 1. The summed E-state index contributed by atoms with van der Waals surface area (Å²) in [5.74, 6) is 0. The first-order valence-electron chi connectivity index (χ1n) is 27.1. The SMILES string of the molecule is CC(C)(C)c1ccc(N(c2ccc3c(c2)oc2ccccc23)c2ccc3c(c2)oc2c4c5c(c6c(cc5cc23)oc2cc(N(c3ccc(C(C)(C)C)cc3)c3ccc5c(c3)oc3ccccc35)ccc26)CCC4(C)C)cc1. The van der Waals surface area contributed by atoms with Crippen molar-refractivity contribution in [3.05, 3.63) is 204 Å². The molecule has 4 aromatic heterocycles. The van der Waals surface area contributed by atoms with Gasteiger partial charge in [-0.25, -0.2) is 0 Å². The van der Waals surface area contributed by atoms with E-state index in [0.717, 1.165) is 129 Å². The summed E-state index contributed by atoms with van der Waals surface area (Å²) >= 11 is 0. The zero-order valence-electron chi connectivity index (χ0n) is 44.8. The fraction of sp³-hybridized carbons (Fsp3) is 0.183. The average Bonchev–Trinajstić information content (AvgIpc) is 4.30. The predicted molar refractivity (Wildman–Crippen MR) is 321 cm³/mol. The number of fused-ring (bicyclic) bond motifs is 14. The monoisotopic (exact) mass is 1000 g/mol. The molecule has 0 saturated heterocycles. The van der Waals surface area contributed by atoms with Crippen LogP contribution in [0.2, 0.25) is 0 Å². The zero-order valence-corrected chi connectivity index (χ0v) is 44.8. The van der Waals surface area contributed by atoms with Crippen molar-refractivity contribution in [1.29, 1.82) is 0 Å². The van der Waals surface area contributed by atoms with Gasteiger partial charge in [-0.15, -0.1) is 0 Å². The Hall–Kier alpha value is -8.74. The van der Waals surface area contributed by atoms with Crippen LogP contribution in [0.25, 0.3) is 98.5 Å². The van der Waals surface area contributed by atoms with Crippen LogP contribution in [0.1, 0.15) is 84.1 Å². The number of rotatable bonds is 6. The smallest absolute Gasteiger partial charge is 0.139 e. The molecule has 376 valence electrons. The highest BCUT2D eigenvalue weighted by atomic mass is 16.3. The van der Waals surface area contributed by atoms with Crippen molar-refractivity contribution in [2.24, 2.45) is 0 Å². The molecule has 15 rings (SSSR count). The van der Waals surface area contributed by atoms with Gasteiger partial charge in [0.15, 0.2) is 0 Å². The van der Waals surface area contributed by atoms with E-state index in [1.807, 2.05) is 24.3 Å². The maximum absolute atomic E-state index is 7.24. The molecule has 0 bridgehead atoms. The lowest BCUT2D eigenvalue weighted by atomic mass is 9.71. The molecule has 0 amide bonds. The van der Waals surface area contributed by atoms with Crippen LogP contribution in [-0.2, 0) is 22.7 Å². The molecule has 0 spiro atoms. The van der Waals surface area contributed by atoms with Crippen molar-refractivity contribution in [2.75, 3.05) is 9.80 Å². The molecule has 77 heavy (non-hydrogen) atoms. The minimum absolute atomic E-state index is 0.0241. The highest BCUT2D eigenvalue weighted by Crippen LogP contribution is 2.52. The fourth-order valence-electron chi connectivity index (χ4n) is 12.7. The molecule has 1 aliphatic rings. The second-order valence-corrected chi connectivity index (χ2v) is 24.2. The number of hydrogen-bond donors (Lipinski definition) is 0. The van der Waals surface area contributed by atoms with Gasteiger partial charge in [0.2, 0.25) is 0 Å². The van der Waals surface area contributed by atoms with Gasteiger partial charge < -0.3 is 27.5 Å². The lowest BCUT2D eigenvalue weighted by Gasteiger charge is -2.32. The standard InChI is InChI=1S/C71H58N2O4/c1-69(2,3)42-17-21-44(22-18-42)72(46-25-29-52-50-13-9-11-15-58(50)74-60(52)37-46)48-27-31-54-57-35-41-36-64-66(56-33-34-71(7,8)67(65(41)56)68(57)77-62(54)39-48)55-32-28-49(40-63(55)76-64)73(45-23-19-43(20-24-45)70(4,5)6)47-26-30-53-51-14-10-12-16-59(51)75-61(53)38-47/h9-32,35-40H,33-34H2,1-8H3. The summed E-state index contributed by atoms with van der Waals surface area (Å²) in [6, 6.07) is 65.6. The quantitative estimate of drug-likeness (QED) is 0.165. The van der Waals surface area contributed by atoms with Crippen LogP contribution in [0.4, 0.5) is 34.1 Å². The summed E-state index contributed by atoms with van der Waals surface area (Å²) in [5.41, 5.74) is 18.3. The predicted octanol–water partition coefficient (Wildman–Crippen LogP) is 21.2. The van der Waals surface area contributed by atoms with Gasteiger partial charge in [0.25, 0.3) is 0 Å². The van der Waals surface area contributed by atoms with E-state index in [-0.39, 0.29) is 16.2 Å². The van der Waals surface area contributed by atoms with Crippen molar-refractivity contribution >= 4 is 133 Å². The second kappa shape index (κ2) is 16.1.